The van der Waals surface area contributed by atoms with Crippen molar-refractivity contribution in [3.8, 4) is 0 Å². The van der Waals surface area contributed by atoms with E-state index in [4.69, 9.17) is 14.2 Å². The van der Waals surface area contributed by atoms with Gasteiger partial charge in [0.1, 0.15) is 4.90 Å². The number of rotatable bonds is 9. The first-order chi connectivity index (χ1) is 10.7. The second-order valence-corrected chi connectivity index (χ2v) is 8.18. The Kier molecular flexibility index (Phi) is 5.48. The molecule has 22 heavy (non-hydrogen) atoms. The Balaban J connectivity index is 1.48. The quantitative estimate of drug-likeness (QED) is 0.691. The lowest BCUT2D eigenvalue weighted by Gasteiger charge is -2.11. The van der Waals surface area contributed by atoms with E-state index >= 15 is 0 Å². The summed E-state index contributed by atoms with van der Waals surface area (Å²) >= 11 is 1.34. The number of nitrogens with one attached hydrogen (secondary N) is 1. The molecule has 2 heterocycles. The molecule has 3 rings (SSSR count). The van der Waals surface area contributed by atoms with Crippen LogP contribution in [-0.4, -0.2) is 41.4 Å². The first kappa shape index (κ1) is 16.4. The van der Waals surface area contributed by atoms with Crippen LogP contribution in [0.15, 0.2) is 16.3 Å². The normalized spacial score (nSPS) is 19.8. The van der Waals surface area contributed by atoms with E-state index in [1.165, 1.54) is 24.2 Å². The number of ether oxygens (including phenoxy) is 3. The van der Waals surface area contributed by atoms with Crippen LogP contribution in [0.4, 0.5) is 0 Å². The monoisotopic (exact) mass is 347 g/mol. The number of hydrogen-bond acceptors (Lipinski definition) is 6. The third-order valence-corrected chi connectivity index (χ3v) is 6.18. The van der Waals surface area contributed by atoms with Crippen molar-refractivity contribution in [1.29, 1.82) is 0 Å². The number of hydrogen-bond donors (Lipinski definition) is 1. The molecule has 0 spiro atoms. The molecule has 2 aliphatic rings. The van der Waals surface area contributed by atoms with Gasteiger partial charge in [-0.2, -0.15) is 0 Å². The molecular weight excluding hydrogens is 326 g/mol. The Labute approximate surface area is 134 Å². The van der Waals surface area contributed by atoms with Gasteiger partial charge in [-0.3, -0.25) is 0 Å². The maximum absolute atomic E-state index is 12.4. The molecule has 0 aromatic carbocycles. The zero-order valence-corrected chi connectivity index (χ0v) is 14.0. The second-order valence-electron chi connectivity index (χ2n) is 5.49. The Bertz CT molecular complexity index is 576. The molecule has 1 aliphatic carbocycles. The van der Waals surface area contributed by atoms with Crippen LogP contribution in [0.25, 0.3) is 0 Å². The van der Waals surface area contributed by atoms with Crippen molar-refractivity contribution in [3.05, 3.63) is 16.3 Å². The summed E-state index contributed by atoms with van der Waals surface area (Å²) in [6.07, 6.45) is 2.63. The first-order valence-corrected chi connectivity index (χ1v) is 9.91. The molecule has 124 valence electrons. The van der Waals surface area contributed by atoms with Gasteiger partial charge in [0.25, 0.3) is 0 Å². The van der Waals surface area contributed by atoms with Gasteiger partial charge in [-0.25, -0.2) is 13.1 Å². The van der Waals surface area contributed by atoms with Crippen LogP contribution in [0.5, 0.6) is 0 Å². The van der Waals surface area contributed by atoms with E-state index in [-0.39, 0.29) is 4.90 Å². The fraction of sp³-hybridized carbons (Fsp3) is 0.714. The third-order valence-electron chi connectivity index (χ3n) is 3.59. The average Bonchev–Trinajstić information content (AvgIpc) is 2.97. The third kappa shape index (κ3) is 4.27. The minimum absolute atomic E-state index is 0.253. The van der Waals surface area contributed by atoms with Crippen molar-refractivity contribution in [2.75, 3.05) is 33.0 Å². The van der Waals surface area contributed by atoms with Crippen molar-refractivity contribution >= 4 is 21.4 Å². The minimum atomic E-state index is -3.53. The predicted octanol–water partition coefficient (Wildman–Crippen LogP) is 1.89. The van der Waals surface area contributed by atoms with Gasteiger partial charge in [0.05, 0.1) is 18.1 Å². The highest BCUT2D eigenvalue weighted by Crippen LogP contribution is 2.33. The summed E-state index contributed by atoms with van der Waals surface area (Å²) in [4.78, 5) is 0.860. The topological polar surface area (TPSA) is 73.9 Å². The van der Waals surface area contributed by atoms with E-state index in [0.29, 0.717) is 37.7 Å². The molecule has 1 saturated heterocycles. The van der Waals surface area contributed by atoms with E-state index in [1.807, 2.05) is 0 Å². The molecule has 0 bridgehead atoms. The molecule has 0 radical (unpaired) electrons. The van der Waals surface area contributed by atoms with Crippen molar-refractivity contribution < 1.29 is 22.6 Å². The molecule has 1 aliphatic heterocycles. The lowest BCUT2D eigenvalue weighted by atomic mass is 10.4. The first-order valence-electron chi connectivity index (χ1n) is 7.55. The summed E-state index contributed by atoms with van der Waals surface area (Å²) in [6, 6.07) is 1.59. The van der Waals surface area contributed by atoms with Gasteiger partial charge in [0.15, 0.2) is 6.29 Å². The van der Waals surface area contributed by atoms with Crippen LogP contribution in [0.1, 0.15) is 30.4 Å². The second kappa shape index (κ2) is 7.37. The van der Waals surface area contributed by atoms with Crippen LogP contribution in [0.3, 0.4) is 0 Å². The Morgan fingerprint density at radius 1 is 1.32 bits per heavy atom. The van der Waals surface area contributed by atoms with Gasteiger partial charge < -0.3 is 14.2 Å². The number of thiophene rings is 1. The van der Waals surface area contributed by atoms with E-state index in [0.717, 1.165) is 12.5 Å². The van der Waals surface area contributed by atoms with Crippen molar-refractivity contribution in [2.45, 2.75) is 30.4 Å². The maximum Gasteiger partial charge on any atom is 0.241 e. The highest BCUT2D eigenvalue weighted by molar-refractivity contribution is 7.89. The van der Waals surface area contributed by atoms with E-state index in [1.54, 1.807) is 11.4 Å². The largest absolute Gasteiger partial charge is 0.381 e. The molecule has 0 unspecified atom stereocenters. The maximum atomic E-state index is 12.4. The van der Waals surface area contributed by atoms with Gasteiger partial charge in [0.2, 0.25) is 10.0 Å². The minimum Gasteiger partial charge on any atom is -0.381 e. The SMILES string of the molecule is O=S(=O)(NCCCOCC1CC1)c1ccsc1C1OCCO1. The Morgan fingerprint density at radius 3 is 2.82 bits per heavy atom. The lowest BCUT2D eigenvalue weighted by Crippen LogP contribution is -2.26. The lowest BCUT2D eigenvalue weighted by molar-refractivity contribution is -0.0431. The Hall–Kier alpha value is -0.510. The molecular formula is C14H21NO5S2. The van der Waals surface area contributed by atoms with Crippen LogP contribution in [-0.2, 0) is 24.2 Å². The van der Waals surface area contributed by atoms with E-state index in [9.17, 15) is 8.42 Å². The molecule has 1 N–H and O–H groups in total. The summed E-state index contributed by atoms with van der Waals surface area (Å²) < 4.78 is 43.6. The van der Waals surface area contributed by atoms with Crippen LogP contribution >= 0.6 is 11.3 Å². The fourth-order valence-electron chi connectivity index (χ4n) is 2.21. The molecule has 6 nitrogen and oxygen atoms in total. The van der Waals surface area contributed by atoms with E-state index in [2.05, 4.69) is 4.72 Å². The molecule has 8 heteroatoms. The molecule has 0 amide bonds. The van der Waals surface area contributed by atoms with Crippen molar-refractivity contribution in [3.63, 3.8) is 0 Å². The standard InChI is InChI=1S/C14H21NO5S2/c16-22(17,15-5-1-6-18-10-11-2-3-11)12-4-9-21-13(12)14-19-7-8-20-14/h4,9,11,14-15H,1-3,5-8,10H2. The fourth-order valence-corrected chi connectivity index (χ4v) is 4.72. The summed E-state index contributed by atoms with van der Waals surface area (Å²) in [5.41, 5.74) is 0. The summed E-state index contributed by atoms with van der Waals surface area (Å²) in [5, 5.41) is 1.74. The van der Waals surface area contributed by atoms with Crippen LogP contribution in [0, 0.1) is 5.92 Å². The number of sulfonamides is 1. The van der Waals surface area contributed by atoms with Crippen molar-refractivity contribution in [1.82, 2.24) is 4.72 Å². The summed E-state index contributed by atoms with van der Waals surface area (Å²) in [7, 11) is -3.53. The predicted molar refractivity (Wildman–Crippen MR) is 82.3 cm³/mol. The van der Waals surface area contributed by atoms with Gasteiger partial charge in [-0.15, -0.1) is 11.3 Å². The zero-order valence-electron chi connectivity index (χ0n) is 12.3. The van der Waals surface area contributed by atoms with Crippen molar-refractivity contribution in [2.24, 2.45) is 5.92 Å². The molecule has 0 atom stereocenters. The van der Waals surface area contributed by atoms with Crippen LogP contribution in [0.2, 0.25) is 0 Å². The van der Waals surface area contributed by atoms with Gasteiger partial charge >= 0.3 is 0 Å². The summed E-state index contributed by atoms with van der Waals surface area (Å²) in [6.45, 7) is 2.75. The zero-order chi connectivity index (χ0) is 15.4. The highest BCUT2D eigenvalue weighted by Gasteiger charge is 2.28. The molecule has 1 aromatic rings. The van der Waals surface area contributed by atoms with Gasteiger partial charge in [0, 0.05) is 19.8 Å². The van der Waals surface area contributed by atoms with Gasteiger partial charge in [-0.05, 0) is 36.6 Å². The van der Waals surface area contributed by atoms with Crippen LogP contribution < -0.4 is 4.72 Å². The smallest absolute Gasteiger partial charge is 0.241 e. The van der Waals surface area contributed by atoms with Gasteiger partial charge in [-0.1, -0.05) is 0 Å². The average molecular weight is 347 g/mol. The Morgan fingerprint density at radius 2 is 2.09 bits per heavy atom. The van der Waals surface area contributed by atoms with E-state index < -0.39 is 16.3 Å². The molecule has 2 fully saturated rings. The molecule has 1 saturated carbocycles. The highest BCUT2D eigenvalue weighted by atomic mass is 32.2. The molecule has 1 aromatic heterocycles. The summed E-state index contributed by atoms with van der Waals surface area (Å²) in [5.74, 6) is 0.733.